The minimum Gasteiger partial charge on any atom is -0.313 e. The summed E-state index contributed by atoms with van der Waals surface area (Å²) in [5.74, 6) is 0.256. The summed E-state index contributed by atoms with van der Waals surface area (Å²) in [5.41, 5.74) is 1.02. The zero-order valence-electron chi connectivity index (χ0n) is 18.5. The quantitative estimate of drug-likeness (QED) is 0.196. The van der Waals surface area contributed by atoms with Gasteiger partial charge in [0, 0.05) is 18.7 Å². The molecule has 0 saturated carbocycles. The lowest BCUT2D eigenvalue weighted by atomic mass is 10.1. The first kappa shape index (κ1) is 24.5. The number of hydrogen-bond donors (Lipinski definition) is 0. The Kier molecular flexibility index (Phi) is 15.3. The largest absolute Gasteiger partial charge is 0.313 e. The second kappa shape index (κ2) is 17.5. The Morgan fingerprint density at radius 3 is 1.86 bits per heavy atom. The lowest BCUT2D eigenvalue weighted by Gasteiger charge is -2.21. The van der Waals surface area contributed by atoms with Crippen LogP contribution in [0.5, 0.6) is 0 Å². The highest BCUT2D eigenvalue weighted by molar-refractivity contribution is 5.93. The number of carbonyl (C=O) groups is 1. The van der Waals surface area contributed by atoms with Crippen molar-refractivity contribution in [3.05, 3.63) is 42.5 Å². The summed E-state index contributed by atoms with van der Waals surface area (Å²) in [5, 5.41) is 0. The maximum Gasteiger partial charge on any atom is 0.226 e. The van der Waals surface area contributed by atoms with E-state index in [2.05, 4.69) is 19.1 Å². The molecule has 0 N–H and O–H groups in total. The smallest absolute Gasteiger partial charge is 0.226 e. The van der Waals surface area contributed by atoms with Gasteiger partial charge in [0.2, 0.25) is 5.91 Å². The SMILES string of the molecule is CCCCCCCC/C=C\CCCCCCCC(=O)N(CC)c1ccccc1. The molecule has 0 aliphatic heterocycles. The van der Waals surface area contributed by atoms with Crippen LogP contribution in [0.15, 0.2) is 42.5 Å². The molecule has 0 aliphatic carbocycles. The molecule has 2 nitrogen and oxygen atoms in total. The summed E-state index contributed by atoms with van der Waals surface area (Å²) < 4.78 is 0. The summed E-state index contributed by atoms with van der Waals surface area (Å²) in [6.07, 6.45) is 22.2. The van der Waals surface area contributed by atoms with E-state index in [1.807, 2.05) is 42.2 Å². The summed E-state index contributed by atoms with van der Waals surface area (Å²) in [7, 11) is 0. The number of unbranched alkanes of at least 4 members (excludes halogenated alkanes) is 11. The predicted octanol–water partition coefficient (Wildman–Crippen LogP) is 8.08. The lowest BCUT2D eigenvalue weighted by molar-refractivity contribution is -0.118. The van der Waals surface area contributed by atoms with E-state index < -0.39 is 0 Å². The molecular weight excluding hydrogens is 342 g/mol. The van der Waals surface area contributed by atoms with Crippen molar-refractivity contribution in [2.24, 2.45) is 0 Å². The van der Waals surface area contributed by atoms with E-state index in [0.29, 0.717) is 6.42 Å². The minimum atomic E-state index is 0.256. The van der Waals surface area contributed by atoms with Crippen LogP contribution in [0, 0.1) is 0 Å². The van der Waals surface area contributed by atoms with Crippen LogP contribution in [0.25, 0.3) is 0 Å². The van der Waals surface area contributed by atoms with E-state index in [-0.39, 0.29) is 5.91 Å². The predicted molar refractivity (Wildman–Crippen MR) is 124 cm³/mol. The molecule has 1 aromatic rings. The summed E-state index contributed by atoms with van der Waals surface area (Å²) in [4.78, 5) is 14.3. The maximum absolute atomic E-state index is 12.4. The van der Waals surface area contributed by atoms with Crippen molar-refractivity contribution < 1.29 is 4.79 Å². The number of amides is 1. The highest BCUT2D eigenvalue weighted by Gasteiger charge is 2.12. The van der Waals surface area contributed by atoms with Crippen LogP contribution in [0.4, 0.5) is 5.69 Å². The van der Waals surface area contributed by atoms with E-state index in [1.54, 1.807) is 0 Å². The number of carbonyl (C=O) groups excluding carboxylic acids is 1. The Morgan fingerprint density at radius 2 is 1.29 bits per heavy atom. The summed E-state index contributed by atoms with van der Waals surface area (Å²) in [6, 6.07) is 10.0. The second-order valence-corrected chi connectivity index (χ2v) is 7.81. The zero-order valence-corrected chi connectivity index (χ0v) is 18.5. The van der Waals surface area contributed by atoms with Gasteiger partial charge in [-0.2, -0.15) is 0 Å². The fraction of sp³-hybridized carbons (Fsp3) is 0.654. The van der Waals surface area contributed by atoms with Gasteiger partial charge in [-0.3, -0.25) is 4.79 Å². The summed E-state index contributed by atoms with van der Waals surface area (Å²) >= 11 is 0. The van der Waals surface area contributed by atoms with Crippen molar-refractivity contribution >= 4 is 11.6 Å². The van der Waals surface area contributed by atoms with E-state index >= 15 is 0 Å². The minimum absolute atomic E-state index is 0.256. The highest BCUT2D eigenvalue weighted by atomic mass is 16.2. The fourth-order valence-corrected chi connectivity index (χ4v) is 3.59. The number of benzene rings is 1. The van der Waals surface area contributed by atoms with Crippen LogP contribution >= 0.6 is 0 Å². The Morgan fingerprint density at radius 1 is 0.750 bits per heavy atom. The molecule has 1 amide bonds. The second-order valence-electron chi connectivity index (χ2n) is 7.81. The molecule has 0 radical (unpaired) electrons. The molecule has 0 unspecified atom stereocenters. The van der Waals surface area contributed by atoms with Gasteiger partial charge < -0.3 is 4.90 Å². The molecule has 0 heterocycles. The topological polar surface area (TPSA) is 20.3 Å². The normalized spacial score (nSPS) is 11.2. The van der Waals surface area contributed by atoms with Crippen molar-refractivity contribution in [2.45, 2.75) is 104 Å². The maximum atomic E-state index is 12.4. The Hall–Kier alpha value is -1.57. The van der Waals surface area contributed by atoms with Crippen LogP contribution in [-0.4, -0.2) is 12.5 Å². The third-order valence-electron chi connectivity index (χ3n) is 5.34. The van der Waals surface area contributed by atoms with Crippen molar-refractivity contribution in [1.29, 1.82) is 0 Å². The molecule has 1 aromatic carbocycles. The molecular formula is C26H43NO. The van der Waals surface area contributed by atoms with Crippen LogP contribution < -0.4 is 4.90 Å². The molecule has 28 heavy (non-hydrogen) atoms. The molecule has 0 bridgehead atoms. The molecule has 0 spiro atoms. The third kappa shape index (κ3) is 12.0. The molecule has 0 atom stereocenters. The Bertz CT molecular complexity index is 508. The van der Waals surface area contributed by atoms with Crippen molar-refractivity contribution in [1.82, 2.24) is 0 Å². The van der Waals surface area contributed by atoms with Gasteiger partial charge in [-0.05, 0) is 51.2 Å². The third-order valence-corrected chi connectivity index (χ3v) is 5.34. The van der Waals surface area contributed by atoms with Gasteiger partial charge in [-0.25, -0.2) is 0 Å². The monoisotopic (exact) mass is 385 g/mol. The van der Waals surface area contributed by atoms with Crippen molar-refractivity contribution in [3.63, 3.8) is 0 Å². The van der Waals surface area contributed by atoms with Crippen LogP contribution in [0.2, 0.25) is 0 Å². The van der Waals surface area contributed by atoms with E-state index in [4.69, 9.17) is 0 Å². The van der Waals surface area contributed by atoms with Gasteiger partial charge in [0.25, 0.3) is 0 Å². The lowest BCUT2D eigenvalue weighted by Crippen LogP contribution is -2.30. The van der Waals surface area contributed by atoms with E-state index in [9.17, 15) is 4.79 Å². The molecule has 0 aromatic heterocycles. The van der Waals surface area contributed by atoms with Gasteiger partial charge in [0.1, 0.15) is 0 Å². The van der Waals surface area contributed by atoms with Crippen molar-refractivity contribution in [2.75, 3.05) is 11.4 Å². The molecule has 158 valence electrons. The number of para-hydroxylation sites is 1. The zero-order chi connectivity index (χ0) is 20.3. The average Bonchev–Trinajstić information content (AvgIpc) is 2.72. The molecule has 1 rings (SSSR count). The van der Waals surface area contributed by atoms with Gasteiger partial charge in [-0.1, -0.05) is 88.6 Å². The number of hydrogen-bond acceptors (Lipinski definition) is 1. The molecule has 0 saturated heterocycles. The van der Waals surface area contributed by atoms with Crippen LogP contribution in [0.1, 0.15) is 104 Å². The molecule has 0 fully saturated rings. The van der Waals surface area contributed by atoms with Gasteiger partial charge >= 0.3 is 0 Å². The average molecular weight is 386 g/mol. The van der Waals surface area contributed by atoms with Crippen LogP contribution in [0.3, 0.4) is 0 Å². The Labute approximate surface area is 174 Å². The first-order valence-electron chi connectivity index (χ1n) is 11.8. The first-order valence-corrected chi connectivity index (χ1v) is 11.8. The standard InChI is InChI=1S/C26H43NO/c1-3-5-6-7-8-9-10-11-12-13-14-15-16-17-21-24-26(28)27(4-2)25-22-19-18-20-23-25/h11-12,18-20,22-23H,3-10,13-17,21,24H2,1-2H3/b12-11-. The van der Waals surface area contributed by atoms with Gasteiger partial charge in [0.15, 0.2) is 0 Å². The highest BCUT2D eigenvalue weighted by Crippen LogP contribution is 2.16. The molecule has 2 heteroatoms. The van der Waals surface area contributed by atoms with Gasteiger partial charge in [-0.15, -0.1) is 0 Å². The van der Waals surface area contributed by atoms with Crippen LogP contribution in [-0.2, 0) is 4.79 Å². The summed E-state index contributed by atoms with van der Waals surface area (Å²) in [6.45, 7) is 5.06. The van der Waals surface area contributed by atoms with E-state index in [1.165, 1.54) is 77.0 Å². The molecule has 0 aliphatic rings. The number of rotatable bonds is 17. The van der Waals surface area contributed by atoms with E-state index in [0.717, 1.165) is 18.7 Å². The Balaban J connectivity index is 1.96. The number of nitrogens with zero attached hydrogens (tertiary/aromatic N) is 1. The number of anilines is 1. The first-order chi connectivity index (χ1) is 13.8. The van der Waals surface area contributed by atoms with Gasteiger partial charge in [0.05, 0.1) is 0 Å². The van der Waals surface area contributed by atoms with Crippen molar-refractivity contribution in [3.8, 4) is 0 Å². The fourth-order valence-electron chi connectivity index (χ4n) is 3.59. The number of allylic oxidation sites excluding steroid dienone is 2.